The molecule has 0 saturated carbocycles. The van der Waals surface area contributed by atoms with E-state index < -0.39 is 0 Å². The summed E-state index contributed by atoms with van der Waals surface area (Å²) >= 11 is 6.10. The SMILES string of the molecule is CCC1CC(c2ccnc3c(-c4ccc(Cl)c(O)c4)c(-c4ccncc4)nn23)C(C)N1CC. The molecule has 4 heterocycles. The lowest BCUT2D eigenvalue weighted by Crippen LogP contribution is -2.35. The van der Waals surface area contributed by atoms with Gasteiger partial charge in [-0.15, -0.1) is 0 Å². The van der Waals surface area contributed by atoms with Gasteiger partial charge in [0.15, 0.2) is 5.65 Å². The number of rotatable bonds is 5. The van der Waals surface area contributed by atoms with Gasteiger partial charge in [0.1, 0.15) is 11.4 Å². The van der Waals surface area contributed by atoms with E-state index in [1.807, 2.05) is 28.9 Å². The Bertz CT molecular complexity index is 1290. The second-order valence-electron chi connectivity index (χ2n) is 8.71. The molecule has 33 heavy (non-hydrogen) atoms. The van der Waals surface area contributed by atoms with Crippen LogP contribution in [0.5, 0.6) is 5.75 Å². The second kappa shape index (κ2) is 8.76. The highest BCUT2D eigenvalue weighted by molar-refractivity contribution is 6.32. The summed E-state index contributed by atoms with van der Waals surface area (Å²) in [5.74, 6) is 0.399. The van der Waals surface area contributed by atoms with Crippen molar-refractivity contribution in [2.75, 3.05) is 6.54 Å². The molecule has 7 heteroatoms. The topological polar surface area (TPSA) is 66.5 Å². The van der Waals surface area contributed by atoms with Gasteiger partial charge in [-0.1, -0.05) is 31.5 Å². The molecule has 0 radical (unpaired) electrons. The van der Waals surface area contributed by atoms with Gasteiger partial charge in [-0.3, -0.25) is 9.88 Å². The molecule has 6 nitrogen and oxygen atoms in total. The molecule has 0 spiro atoms. The zero-order valence-corrected chi connectivity index (χ0v) is 19.9. The predicted molar refractivity (Wildman–Crippen MR) is 132 cm³/mol. The third-order valence-corrected chi connectivity index (χ3v) is 7.37. The predicted octanol–water partition coefficient (Wildman–Crippen LogP) is 5.79. The number of halogens is 1. The molecule has 1 aliphatic heterocycles. The molecule has 3 aromatic heterocycles. The molecule has 1 aliphatic rings. The number of likely N-dealkylation sites (N-methyl/N-ethyl adjacent to an activating group) is 1. The summed E-state index contributed by atoms with van der Waals surface area (Å²) in [5, 5.41) is 15.7. The molecule has 0 amide bonds. The Balaban J connectivity index is 1.74. The van der Waals surface area contributed by atoms with Gasteiger partial charge in [0.2, 0.25) is 0 Å². The van der Waals surface area contributed by atoms with Crippen LogP contribution in [0.2, 0.25) is 5.02 Å². The van der Waals surface area contributed by atoms with Crippen molar-refractivity contribution >= 4 is 17.2 Å². The van der Waals surface area contributed by atoms with Gasteiger partial charge < -0.3 is 5.11 Å². The Hall–Kier alpha value is -2.96. The van der Waals surface area contributed by atoms with Crippen molar-refractivity contribution in [1.82, 2.24) is 24.5 Å². The van der Waals surface area contributed by atoms with E-state index in [1.165, 1.54) is 5.69 Å². The summed E-state index contributed by atoms with van der Waals surface area (Å²) in [6.07, 6.45) is 7.65. The lowest BCUT2D eigenvalue weighted by atomic mass is 9.95. The Morgan fingerprint density at radius 1 is 1.06 bits per heavy atom. The molecule has 4 aromatic rings. The lowest BCUT2D eigenvalue weighted by molar-refractivity contribution is 0.205. The van der Waals surface area contributed by atoms with Crippen molar-refractivity contribution in [3.05, 3.63) is 65.7 Å². The Morgan fingerprint density at radius 3 is 2.52 bits per heavy atom. The molecule has 0 bridgehead atoms. The van der Waals surface area contributed by atoms with Gasteiger partial charge in [0, 0.05) is 42.2 Å². The van der Waals surface area contributed by atoms with Crippen LogP contribution in [-0.2, 0) is 0 Å². The van der Waals surface area contributed by atoms with Crippen LogP contribution in [0.25, 0.3) is 28.0 Å². The van der Waals surface area contributed by atoms with Crippen molar-refractivity contribution in [1.29, 1.82) is 0 Å². The van der Waals surface area contributed by atoms with E-state index in [2.05, 4.69) is 36.7 Å². The summed E-state index contributed by atoms with van der Waals surface area (Å²) < 4.78 is 2.00. The molecule has 1 saturated heterocycles. The van der Waals surface area contributed by atoms with Gasteiger partial charge in [-0.25, -0.2) is 9.50 Å². The number of hydrogen-bond acceptors (Lipinski definition) is 5. The molecule has 1 N–H and O–H groups in total. The van der Waals surface area contributed by atoms with E-state index in [9.17, 15) is 5.11 Å². The average molecular weight is 462 g/mol. The zero-order chi connectivity index (χ0) is 23.1. The van der Waals surface area contributed by atoms with Gasteiger partial charge >= 0.3 is 0 Å². The lowest BCUT2D eigenvalue weighted by Gasteiger charge is -2.27. The molecule has 1 fully saturated rings. The van der Waals surface area contributed by atoms with Crippen molar-refractivity contribution < 1.29 is 5.11 Å². The fraction of sp³-hybridized carbons (Fsp3) is 0.346. The molecule has 1 aromatic carbocycles. The van der Waals surface area contributed by atoms with Crippen LogP contribution < -0.4 is 0 Å². The molecule has 3 unspecified atom stereocenters. The van der Waals surface area contributed by atoms with Crippen molar-refractivity contribution in [2.45, 2.75) is 51.6 Å². The zero-order valence-electron chi connectivity index (χ0n) is 19.1. The van der Waals surface area contributed by atoms with Crippen LogP contribution in [0.4, 0.5) is 0 Å². The minimum atomic E-state index is 0.0409. The number of phenols is 1. The minimum absolute atomic E-state index is 0.0409. The molecule has 5 rings (SSSR count). The van der Waals surface area contributed by atoms with Gasteiger partial charge in [-0.2, -0.15) is 5.10 Å². The maximum atomic E-state index is 10.3. The number of fused-ring (bicyclic) bond motifs is 1. The number of nitrogens with zero attached hydrogens (tertiary/aromatic N) is 5. The highest BCUT2D eigenvalue weighted by Gasteiger charge is 2.39. The van der Waals surface area contributed by atoms with Crippen LogP contribution in [0.3, 0.4) is 0 Å². The molecule has 170 valence electrons. The van der Waals surface area contributed by atoms with Crippen molar-refractivity contribution in [2.24, 2.45) is 0 Å². The normalized spacial score (nSPS) is 21.2. The standard InChI is InChI=1S/C26H28ClN5O/c1-4-19-15-20(16(3)31(19)5-2)22-10-13-29-26-24(18-6-7-21(27)23(33)14-18)25(30-32(22)26)17-8-11-28-12-9-17/h6-14,16,19-20,33H,4-5,15H2,1-3H3. The molecular weight excluding hydrogens is 434 g/mol. The largest absolute Gasteiger partial charge is 0.506 e. The number of phenolic OH excluding ortho intramolecular Hbond substituents is 1. The fourth-order valence-electron chi connectivity index (χ4n) is 5.39. The van der Waals surface area contributed by atoms with Crippen molar-refractivity contribution in [3.8, 4) is 28.1 Å². The third-order valence-electron chi connectivity index (χ3n) is 7.05. The first-order valence-corrected chi connectivity index (χ1v) is 11.9. The number of aromatic nitrogens is 4. The van der Waals surface area contributed by atoms with Gasteiger partial charge in [0.25, 0.3) is 0 Å². The Kier molecular flexibility index (Phi) is 5.81. The van der Waals surface area contributed by atoms with E-state index in [1.54, 1.807) is 24.5 Å². The average Bonchev–Trinajstić information content (AvgIpc) is 3.39. The number of likely N-dealkylation sites (tertiary alicyclic amines) is 1. The third kappa shape index (κ3) is 3.67. The number of pyridine rings is 1. The Labute approximate surface area is 198 Å². The summed E-state index contributed by atoms with van der Waals surface area (Å²) in [5.41, 5.74) is 5.40. The van der Waals surface area contributed by atoms with Crippen LogP contribution in [-0.4, -0.2) is 48.2 Å². The molecule has 3 atom stereocenters. The van der Waals surface area contributed by atoms with Crippen LogP contribution in [0.1, 0.15) is 45.2 Å². The highest BCUT2D eigenvalue weighted by Crippen LogP contribution is 2.41. The second-order valence-corrected chi connectivity index (χ2v) is 9.11. The number of aromatic hydroxyl groups is 1. The van der Waals surface area contributed by atoms with E-state index in [4.69, 9.17) is 21.7 Å². The van der Waals surface area contributed by atoms with E-state index in [0.29, 0.717) is 23.0 Å². The maximum absolute atomic E-state index is 10.3. The summed E-state index contributed by atoms with van der Waals surface area (Å²) in [4.78, 5) is 11.5. The first-order chi connectivity index (χ1) is 16.0. The van der Waals surface area contributed by atoms with E-state index in [0.717, 1.165) is 47.4 Å². The molecular formula is C26H28ClN5O. The first-order valence-electron chi connectivity index (χ1n) is 11.6. The number of benzene rings is 1. The summed E-state index contributed by atoms with van der Waals surface area (Å²) in [6.45, 7) is 7.87. The Morgan fingerprint density at radius 2 is 1.85 bits per heavy atom. The summed E-state index contributed by atoms with van der Waals surface area (Å²) in [7, 11) is 0. The smallest absolute Gasteiger partial charge is 0.163 e. The number of hydrogen-bond donors (Lipinski definition) is 1. The fourth-order valence-corrected chi connectivity index (χ4v) is 5.51. The summed E-state index contributed by atoms with van der Waals surface area (Å²) in [6, 6.07) is 12.3. The quantitative estimate of drug-likeness (QED) is 0.407. The van der Waals surface area contributed by atoms with Crippen LogP contribution >= 0.6 is 11.6 Å². The van der Waals surface area contributed by atoms with E-state index in [-0.39, 0.29) is 5.75 Å². The maximum Gasteiger partial charge on any atom is 0.163 e. The van der Waals surface area contributed by atoms with Crippen molar-refractivity contribution in [3.63, 3.8) is 0 Å². The van der Waals surface area contributed by atoms with Crippen LogP contribution in [0.15, 0.2) is 55.0 Å². The van der Waals surface area contributed by atoms with Gasteiger partial charge in [0.05, 0.1) is 16.3 Å². The minimum Gasteiger partial charge on any atom is -0.506 e. The monoisotopic (exact) mass is 461 g/mol. The first kappa shape index (κ1) is 21.9. The van der Waals surface area contributed by atoms with Gasteiger partial charge in [-0.05, 0) is 62.2 Å². The highest BCUT2D eigenvalue weighted by atomic mass is 35.5. The van der Waals surface area contributed by atoms with Crippen LogP contribution in [0, 0.1) is 0 Å². The van der Waals surface area contributed by atoms with E-state index >= 15 is 0 Å². The molecule has 0 aliphatic carbocycles.